The average molecular weight is 560 g/mol. The highest BCUT2D eigenvalue weighted by molar-refractivity contribution is 6.30. The van der Waals surface area contributed by atoms with Crippen molar-refractivity contribution < 1.29 is 22.7 Å². The van der Waals surface area contributed by atoms with Crippen molar-refractivity contribution in [2.75, 3.05) is 7.11 Å². The molecule has 1 N–H and O–H groups in total. The number of alkyl halides is 2. The first kappa shape index (κ1) is 26.7. The maximum Gasteiger partial charge on any atom is 0.333 e. The van der Waals surface area contributed by atoms with Crippen LogP contribution < -0.4 is 15.7 Å². The molecule has 3 aromatic heterocycles. The minimum absolute atomic E-state index is 0.0828. The van der Waals surface area contributed by atoms with Gasteiger partial charge in [-0.3, -0.25) is 23.9 Å². The number of halogens is 4. The molecule has 0 atom stereocenters. The molecular weight excluding hydrogens is 535 g/mol. The fraction of sp³-hybridized carbons (Fsp3) is 0.333. The number of hydrogen-bond acceptors (Lipinski definition) is 5. The zero-order valence-corrected chi connectivity index (χ0v) is 21.7. The van der Waals surface area contributed by atoms with Gasteiger partial charge in [0.2, 0.25) is 0 Å². The van der Waals surface area contributed by atoms with E-state index >= 15 is 0 Å². The second kappa shape index (κ2) is 11.1. The van der Waals surface area contributed by atoms with Crippen molar-refractivity contribution in [3.63, 3.8) is 0 Å². The highest BCUT2D eigenvalue weighted by Crippen LogP contribution is 2.29. The van der Waals surface area contributed by atoms with Crippen LogP contribution >= 0.6 is 11.6 Å². The predicted octanol–water partition coefficient (Wildman–Crippen LogP) is 5.31. The zero-order chi connectivity index (χ0) is 27.7. The Morgan fingerprint density at radius 3 is 2.64 bits per heavy atom. The number of pyridine rings is 2. The van der Waals surface area contributed by atoms with E-state index in [-0.39, 0.29) is 28.2 Å². The minimum atomic E-state index is -2.90. The van der Waals surface area contributed by atoms with Crippen LogP contribution in [0.25, 0.3) is 16.7 Å². The highest BCUT2D eigenvalue weighted by atomic mass is 35.5. The maximum absolute atomic E-state index is 14.8. The summed E-state index contributed by atoms with van der Waals surface area (Å²) in [7, 11) is 1.47. The molecule has 0 radical (unpaired) electrons. The first-order valence-corrected chi connectivity index (χ1v) is 12.8. The average Bonchev–Trinajstić information content (AvgIpc) is 3.20. The number of methoxy groups -OCH3 is 1. The topological polar surface area (TPSA) is 91.0 Å². The van der Waals surface area contributed by atoms with Gasteiger partial charge >= 0.3 is 5.69 Å². The number of carbonyl (C=O) groups is 1. The Hall–Kier alpha value is -3.86. The highest BCUT2D eigenvalue weighted by Gasteiger charge is 2.27. The van der Waals surface area contributed by atoms with Crippen LogP contribution in [0.2, 0.25) is 5.02 Å². The second-order valence-electron chi connectivity index (χ2n) is 9.49. The number of fused-ring (bicyclic) bond motifs is 1. The van der Waals surface area contributed by atoms with Gasteiger partial charge < -0.3 is 10.1 Å². The molecule has 39 heavy (non-hydrogen) atoms. The van der Waals surface area contributed by atoms with Crippen LogP contribution in [0.1, 0.15) is 48.2 Å². The Morgan fingerprint density at radius 2 is 1.92 bits per heavy atom. The van der Waals surface area contributed by atoms with E-state index in [1.165, 1.54) is 35.9 Å². The van der Waals surface area contributed by atoms with Gasteiger partial charge in [-0.05, 0) is 55.9 Å². The number of amides is 1. The zero-order valence-electron chi connectivity index (χ0n) is 20.9. The fourth-order valence-corrected chi connectivity index (χ4v) is 5.28. The number of aromatic nitrogens is 4. The molecule has 1 aliphatic carbocycles. The van der Waals surface area contributed by atoms with E-state index in [1.54, 1.807) is 23.0 Å². The third-order valence-electron chi connectivity index (χ3n) is 7.09. The lowest BCUT2D eigenvalue weighted by atomic mass is 9.85. The molecule has 0 spiro atoms. The summed E-state index contributed by atoms with van der Waals surface area (Å²) in [5.74, 6) is -0.679. The molecule has 1 saturated carbocycles. The number of carbonyl (C=O) groups excluding carboxylic acids is 1. The summed E-state index contributed by atoms with van der Waals surface area (Å²) in [6.07, 6.45) is 3.89. The first-order chi connectivity index (χ1) is 18.8. The minimum Gasteiger partial charge on any atom is -0.497 e. The Bertz CT molecular complexity index is 1580. The largest absolute Gasteiger partial charge is 0.497 e. The molecule has 1 amide bonds. The molecule has 12 heteroatoms. The summed E-state index contributed by atoms with van der Waals surface area (Å²) in [6.45, 7) is 0.383. The summed E-state index contributed by atoms with van der Waals surface area (Å²) in [5.41, 5.74) is -0.0622. The van der Waals surface area contributed by atoms with Crippen molar-refractivity contribution in [3.05, 3.63) is 81.5 Å². The third-order valence-corrected chi connectivity index (χ3v) is 7.29. The van der Waals surface area contributed by atoms with Crippen molar-refractivity contribution in [1.82, 2.24) is 24.4 Å². The summed E-state index contributed by atoms with van der Waals surface area (Å²) < 4.78 is 49.6. The lowest BCUT2D eigenvalue weighted by Gasteiger charge is -2.29. The third kappa shape index (κ3) is 5.36. The molecule has 1 aromatic carbocycles. The van der Waals surface area contributed by atoms with E-state index in [0.29, 0.717) is 49.0 Å². The monoisotopic (exact) mass is 559 g/mol. The normalized spacial score (nSPS) is 17.5. The van der Waals surface area contributed by atoms with E-state index in [9.17, 15) is 22.8 Å². The lowest BCUT2D eigenvalue weighted by Crippen LogP contribution is -2.39. The van der Waals surface area contributed by atoms with E-state index < -0.39 is 29.5 Å². The van der Waals surface area contributed by atoms with Crippen molar-refractivity contribution in [1.29, 1.82) is 0 Å². The summed E-state index contributed by atoms with van der Waals surface area (Å²) >= 11 is 5.87. The lowest BCUT2D eigenvalue weighted by molar-refractivity contribution is 0.0904. The second-order valence-corrected chi connectivity index (χ2v) is 9.92. The van der Waals surface area contributed by atoms with Crippen LogP contribution in [-0.4, -0.2) is 38.2 Å². The van der Waals surface area contributed by atoms with Gasteiger partial charge in [0.25, 0.3) is 12.3 Å². The van der Waals surface area contributed by atoms with E-state index in [1.807, 2.05) is 0 Å². The Morgan fingerprint density at radius 1 is 1.15 bits per heavy atom. The van der Waals surface area contributed by atoms with Gasteiger partial charge in [-0.2, -0.15) is 0 Å². The summed E-state index contributed by atoms with van der Waals surface area (Å²) in [5, 5.41) is 2.92. The molecule has 0 aliphatic heterocycles. The molecule has 0 bridgehead atoms. The van der Waals surface area contributed by atoms with Crippen LogP contribution in [0, 0.1) is 11.7 Å². The molecule has 0 unspecified atom stereocenters. The number of rotatable bonds is 7. The molecule has 5 rings (SSSR count). The number of nitrogens with zero attached hydrogens (tertiary/aromatic N) is 4. The van der Waals surface area contributed by atoms with Crippen LogP contribution in [0.4, 0.5) is 13.2 Å². The fourth-order valence-electron chi connectivity index (χ4n) is 5.12. The van der Waals surface area contributed by atoms with Crippen molar-refractivity contribution >= 4 is 28.5 Å². The molecule has 1 aliphatic rings. The van der Waals surface area contributed by atoms with Crippen molar-refractivity contribution in [2.24, 2.45) is 5.92 Å². The van der Waals surface area contributed by atoms with Gasteiger partial charge in [-0.1, -0.05) is 11.6 Å². The quantitative estimate of drug-likeness (QED) is 0.331. The van der Waals surface area contributed by atoms with Gasteiger partial charge in [0.1, 0.15) is 17.3 Å². The molecule has 4 aromatic rings. The van der Waals surface area contributed by atoms with Gasteiger partial charge in [-0.15, -0.1) is 0 Å². The Labute approximate surface area is 226 Å². The summed E-state index contributed by atoms with van der Waals surface area (Å²) in [4.78, 5) is 34.1. The number of hydrogen-bond donors (Lipinski definition) is 1. The van der Waals surface area contributed by atoms with Gasteiger partial charge in [-0.25, -0.2) is 18.0 Å². The molecule has 204 valence electrons. The van der Waals surface area contributed by atoms with Gasteiger partial charge in [0, 0.05) is 31.0 Å². The summed E-state index contributed by atoms with van der Waals surface area (Å²) in [6, 6.07) is 6.85. The van der Waals surface area contributed by atoms with Crippen molar-refractivity contribution in [3.8, 4) is 11.4 Å². The first-order valence-electron chi connectivity index (χ1n) is 12.4. The van der Waals surface area contributed by atoms with Gasteiger partial charge in [0.05, 0.1) is 40.6 Å². The van der Waals surface area contributed by atoms with E-state index in [4.69, 9.17) is 16.3 Å². The van der Waals surface area contributed by atoms with Crippen LogP contribution in [0.3, 0.4) is 0 Å². The number of imidazole rings is 1. The SMILES string of the molecule is COc1ccc(F)c(-n2c(=O)n(C[C@H]3CC[C@H](NC(=O)c4cc(Cl)cnc4C(F)F)CC3)c3cnccc32)c1. The smallest absolute Gasteiger partial charge is 0.333 e. The number of benzene rings is 1. The molecular formula is C27H25ClF3N5O3. The van der Waals surface area contributed by atoms with Crippen LogP contribution in [-0.2, 0) is 6.54 Å². The predicted molar refractivity (Wildman–Crippen MR) is 139 cm³/mol. The molecule has 3 heterocycles. The number of ether oxygens (including phenoxy) is 1. The van der Waals surface area contributed by atoms with E-state index in [0.717, 1.165) is 6.20 Å². The molecule has 1 fully saturated rings. The van der Waals surface area contributed by atoms with Crippen molar-refractivity contribution in [2.45, 2.75) is 44.7 Å². The Kier molecular flexibility index (Phi) is 7.60. The van der Waals surface area contributed by atoms with E-state index in [2.05, 4.69) is 15.3 Å². The standard InChI is InChI=1S/C27H25ClF3N5O3/c1-39-18-6-7-20(29)22(11-18)36-21-8-9-32-13-23(21)35(27(36)38)14-15-2-4-17(5-3-15)34-26(37)19-10-16(28)12-33-24(19)25(30)31/h6-13,15,17,25H,2-5,14H2,1H3,(H,34,37)/t15-,17-. The number of nitrogens with one attached hydrogen (secondary N) is 1. The van der Waals surface area contributed by atoms with Gasteiger partial charge in [0.15, 0.2) is 0 Å². The van der Waals surface area contributed by atoms with Crippen LogP contribution in [0.15, 0.2) is 53.7 Å². The molecule has 8 nitrogen and oxygen atoms in total. The van der Waals surface area contributed by atoms with Crippen LogP contribution in [0.5, 0.6) is 5.75 Å². The maximum atomic E-state index is 14.8. The Balaban J connectivity index is 1.33. The molecule has 0 saturated heterocycles.